The van der Waals surface area contributed by atoms with E-state index in [-0.39, 0.29) is 22.8 Å². The van der Waals surface area contributed by atoms with Crippen LogP contribution in [0.3, 0.4) is 0 Å². The van der Waals surface area contributed by atoms with E-state index < -0.39 is 27.4 Å². The second-order valence-electron chi connectivity index (χ2n) is 11.6. The molecular weight excluding hydrogens is 600 g/mol. The summed E-state index contributed by atoms with van der Waals surface area (Å²) in [5, 5.41) is 8.26. The summed E-state index contributed by atoms with van der Waals surface area (Å²) in [5.74, 6) is 0.0173. The first-order valence-corrected chi connectivity index (χ1v) is 16.3. The maximum Gasteiger partial charge on any atom is 0.332 e. The Kier molecular flexibility index (Phi) is 10.5. The molecule has 242 valence electrons. The van der Waals surface area contributed by atoms with E-state index in [4.69, 9.17) is 19.9 Å². The zero-order valence-electron chi connectivity index (χ0n) is 26.1. The molecule has 3 aromatic rings. The highest BCUT2D eigenvalue weighted by Gasteiger charge is 2.25. The van der Waals surface area contributed by atoms with Crippen LogP contribution < -0.4 is 30.7 Å². The van der Waals surface area contributed by atoms with Crippen molar-refractivity contribution < 1.29 is 32.2 Å². The van der Waals surface area contributed by atoms with Crippen LogP contribution in [0.5, 0.6) is 11.5 Å². The lowest BCUT2D eigenvalue weighted by molar-refractivity contribution is -0.110. The molecule has 0 bridgehead atoms. The third-order valence-electron chi connectivity index (χ3n) is 7.10. The van der Waals surface area contributed by atoms with Crippen LogP contribution in [0.4, 0.5) is 16.2 Å². The molecule has 0 radical (unpaired) electrons. The number of primary amides is 1. The van der Waals surface area contributed by atoms with Crippen molar-refractivity contribution in [3.63, 3.8) is 0 Å². The van der Waals surface area contributed by atoms with Gasteiger partial charge in [0.2, 0.25) is 10.0 Å². The maximum absolute atomic E-state index is 14.0. The molecule has 1 aliphatic heterocycles. The summed E-state index contributed by atoms with van der Waals surface area (Å²) in [6.07, 6.45) is 1.02. The van der Waals surface area contributed by atoms with E-state index in [0.717, 1.165) is 36.8 Å². The van der Waals surface area contributed by atoms with Gasteiger partial charge in [0, 0.05) is 30.6 Å². The van der Waals surface area contributed by atoms with Gasteiger partial charge in [-0.15, -0.1) is 0 Å². The van der Waals surface area contributed by atoms with Gasteiger partial charge in [0.1, 0.15) is 12.4 Å². The third-order valence-corrected chi connectivity index (χ3v) is 7.69. The van der Waals surface area contributed by atoms with Crippen molar-refractivity contribution in [1.82, 2.24) is 10.3 Å². The number of hydrogen-bond donors (Lipinski definition) is 4. The number of nitrogens with zero attached hydrogens (tertiary/aromatic N) is 2. The topological polar surface area (TPSA) is 174 Å². The van der Waals surface area contributed by atoms with Gasteiger partial charge < -0.3 is 25.3 Å². The first kappa shape index (κ1) is 33.5. The summed E-state index contributed by atoms with van der Waals surface area (Å²) in [4.78, 5) is 27.9. The fourth-order valence-corrected chi connectivity index (χ4v) is 5.44. The standard InChI is InChI=1S/C31H40N6O7S/c1-31(2,3)20-18-24(28(42-4)25(19-20)36-45(5,40)41)33-29(38)27(34-35-30(32)39)23-10-11-26(22-9-7-6-8-21(22)23)44-17-14-37-12-15-43-16-13-37/h6-11,18-19,36H,12-17H2,1-5H3,(H,33,38)(H3,32,35,39)/b34-27+. The number of nitrogens with two attached hydrogens (primary N) is 1. The Morgan fingerprint density at radius 1 is 1.04 bits per heavy atom. The smallest absolute Gasteiger partial charge is 0.332 e. The molecule has 4 rings (SSSR count). The number of ether oxygens (including phenoxy) is 3. The quantitative estimate of drug-likeness (QED) is 0.183. The molecule has 0 unspecified atom stereocenters. The molecular formula is C31H40N6O7S. The first-order chi connectivity index (χ1) is 21.3. The van der Waals surface area contributed by atoms with Crippen LogP contribution in [-0.4, -0.2) is 83.8 Å². The minimum absolute atomic E-state index is 0.0952. The van der Waals surface area contributed by atoms with Gasteiger partial charge in [-0.1, -0.05) is 45.0 Å². The largest absolute Gasteiger partial charge is 0.492 e. The molecule has 13 nitrogen and oxygen atoms in total. The number of methoxy groups -OCH3 is 1. The molecule has 0 saturated carbocycles. The molecule has 0 aromatic heterocycles. The van der Waals surface area contributed by atoms with Crippen molar-refractivity contribution in [3.8, 4) is 11.5 Å². The van der Waals surface area contributed by atoms with Gasteiger partial charge in [-0.05, 0) is 40.6 Å². The fourth-order valence-electron chi connectivity index (χ4n) is 4.89. The highest BCUT2D eigenvalue weighted by atomic mass is 32.2. The highest BCUT2D eigenvalue weighted by Crippen LogP contribution is 2.39. The van der Waals surface area contributed by atoms with E-state index in [0.29, 0.717) is 36.5 Å². The summed E-state index contributed by atoms with van der Waals surface area (Å²) in [5.41, 5.74) is 8.38. The average molecular weight is 641 g/mol. The number of carbonyl (C=O) groups excluding carboxylic acids is 2. The maximum atomic E-state index is 14.0. The Balaban J connectivity index is 1.73. The zero-order chi connectivity index (χ0) is 32.8. The number of rotatable bonds is 11. The number of carbonyl (C=O) groups is 2. The SMILES string of the molecule is COc1c(NC(=O)/C(=N/NC(N)=O)c2ccc(OCCN3CCOCC3)c3ccccc23)cc(C(C)(C)C)cc1NS(C)(=O)=O. The Bertz CT molecular complexity index is 1700. The predicted octanol–water partition coefficient (Wildman–Crippen LogP) is 3.24. The molecule has 1 fully saturated rings. The second-order valence-corrected chi connectivity index (χ2v) is 13.3. The van der Waals surface area contributed by atoms with E-state index in [1.165, 1.54) is 7.11 Å². The molecule has 3 aromatic carbocycles. The van der Waals surface area contributed by atoms with Crippen LogP contribution in [0.2, 0.25) is 0 Å². The van der Waals surface area contributed by atoms with Gasteiger partial charge in [-0.3, -0.25) is 14.4 Å². The van der Waals surface area contributed by atoms with E-state index in [2.05, 4.69) is 25.5 Å². The molecule has 1 heterocycles. The molecule has 5 N–H and O–H groups in total. The fraction of sp³-hybridized carbons (Fsp3) is 0.387. The van der Waals surface area contributed by atoms with Crippen LogP contribution in [0.25, 0.3) is 10.8 Å². The molecule has 1 aliphatic rings. The summed E-state index contributed by atoms with van der Waals surface area (Å²) in [6.45, 7) is 10.1. The van der Waals surface area contributed by atoms with Crippen LogP contribution in [0, 0.1) is 0 Å². The summed E-state index contributed by atoms with van der Waals surface area (Å²) >= 11 is 0. The number of anilines is 2. The number of urea groups is 1. The number of morpholine rings is 1. The molecule has 3 amide bonds. The average Bonchev–Trinajstić information content (AvgIpc) is 2.97. The minimum Gasteiger partial charge on any atom is -0.492 e. The summed E-state index contributed by atoms with van der Waals surface area (Å²) in [6, 6.07) is 13.2. The van der Waals surface area contributed by atoms with Gasteiger partial charge in [-0.2, -0.15) is 5.10 Å². The van der Waals surface area contributed by atoms with Crippen molar-refractivity contribution in [2.24, 2.45) is 10.8 Å². The van der Waals surface area contributed by atoms with Crippen LogP contribution in [0.1, 0.15) is 31.9 Å². The minimum atomic E-state index is -3.68. The lowest BCUT2D eigenvalue weighted by Crippen LogP contribution is -2.38. The lowest BCUT2D eigenvalue weighted by atomic mass is 9.86. The van der Waals surface area contributed by atoms with Gasteiger partial charge in [0.05, 0.1) is 38.0 Å². The number of hydrazone groups is 1. The lowest BCUT2D eigenvalue weighted by Gasteiger charge is -2.26. The Hall–Kier alpha value is -4.40. The predicted molar refractivity (Wildman–Crippen MR) is 175 cm³/mol. The van der Waals surface area contributed by atoms with Gasteiger partial charge in [0.25, 0.3) is 5.91 Å². The molecule has 0 spiro atoms. The molecule has 14 heteroatoms. The van der Waals surface area contributed by atoms with Crippen LogP contribution >= 0.6 is 0 Å². The Morgan fingerprint density at radius 2 is 1.71 bits per heavy atom. The zero-order valence-corrected chi connectivity index (χ0v) is 26.9. The molecule has 1 saturated heterocycles. The van der Waals surface area contributed by atoms with Crippen molar-refractivity contribution in [2.45, 2.75) is 26.2 Å². The summed E-state index contributed by atoms with van der Waals surface area (Å²) in [7, 11) is -2.32. The molecule has 0 atom stereocenters. The van der Waals surface area contributed by atoms with E-state index in [1.54, 1.807) is 24.3 Å². The van der Waals surface area contributed by atoms with Gasteiger partial charge in [0.15, 0.2) is 11.5 Å². The second kappa shape index (κ2) is 14.1. The van der Waals surface area contributed by atoms with Crippen molar-refractivity contribution in [1.29, 1.82) is 0 Å². The number of amides is 3. The van der Waals surface area contributed by atoms with Crippen molar-refractivity contribution >= 4 is 49.8 Å². The first-order valence-electron chi connectivity index (χ1n) is 14.4. The number of benzene rings is 3. The van der Waals surface area contributed by atoms with Crippen molar-refractivity contribution in [2.75, 3.05) is 62.9 Å². The normalized spacial score (nSPS) is 14.6. The van der Waals surface area contributed by atoms with Crippen molar-refractivity contribution in [3.05, 3.63) is 59.7 Å². The summed E-state index contributed by atoms with van der Waals surface area (Å²) < 4.78 is 43.9. The van der Waals surface area contributed by atoms with E-state index >= 15 is 0 Å². The van der Waals surface area contributed by atoms with Crippen LogP contribution in [-0.2, 0) is 25.0 Å². The highest BCUT2D eigenvalue weighted by molar-refractivity contribution is 7.92. The number of nitrogens with one attached hydrogen (secondary N) is 3. The number of fused-ring (bicyclic) bond motifs is 1. The Morgan fingerprint density at radius 3 is 2.33 bits per heavy atom. The van der Waals surface area contributed by atoms with E-state index in [1.807, 2.05) is 45.0 Å². The van der Waals surface area contributed by atoms with Crippen LogP contribution in [0.15, 0.2) is 53.6 Å². The Labute approximate surface area is 263 Å². The van der Waals surface area contributed by atoms with Gasteiger partial charge in [-0.25, -0.2) is 18.6 Å². The number of sulfonamides is 1. The third kappa shape index (κ3) is 8.84. The van der Waals surface area contributed by atoms with Gasteiger partial charge >= 0.3 is 6.03 Å². The monoisotopic (exact) mass is 640 g/mol. The number of hydrogen-bond acceptors (Lipinski definition) is 9. The molecule has 45 heavy (non-hydrogen) atoms. The molecule has 0 aliphatic carbocycles. The van der Waals surface area contributed by atoms with E-state index in [9.17, 15) is 18.0 Å².